The van der Waals surface area contributed by atoms with Crippen molar-refractivity contribution in [2.24, 2.45) is 0 Å². The van der Waals surface area contributed by atoms with E-state index in [1.165, 1.54) is 0 Å². The van der Waals surface area contributed by atoms with E-state index in [0.29, 0.717) is 17.1 Å². The number of amides is 2. The molecule has 114 valence electrons. The van der Waals surface area contributed by atoms with E-state index in [9.17, 15) is 9.59 Å². The monoisotopic (exact) mass is 292 g/mol. The van der Waals surface area contributed by atoms with Crippen molar-refractivity contribution in [3.63, 3.8) is 0 Å². The summed E-state index contributed by atoms with van der Waals surface area (Å²) in [6.07, 6.45) is -0.516. The van der Waals surface area contributed by atoms with E-state index >= 15 is 0 Å². The van der Waals surface area contributed by atoms with Gasteiger partial charge in [-0.05, 0) is 45.9 Å². The molecular weight excluding hydrogens is 272 g/mol. The van der Waals surface area contributed by atoms with Crippen molar-refractivity contribution < 1.29 is 19.1 Å². The predicted molar refractivity (Wildman–Crippen MR) is 79.5 cm³/mol. The Bertz CT molecular complexity index is 563. The highest BCUT2D eigenvalue weighted by Gasteiger charge is 2.23. The summed E-state index contributed by atoms with van der Waals surface area (Å²) in [5.41, 5.74) is 0.757. The van der Waals surface area contributed by atoms with E-state index in [2.05, 4.69) is 10.6 Å². The van der Waals surface area contributed by atoms with Crippen molar-refractivity contribution in [3.05, 3.63) is 18.2 Å². The molecule has 2 amide bonds. The molecule has 1 aliphatic rings. The lowest BCUT2D eigenvalue weighted by molar-refractivity contribution is -0.125. The first-order chi connectivity index (χ1) is 9.74. The number of hydrogen-bond donors (Lipinski definition) is 2. The smallest absolute Gasteiger partial charge is 0.265 e. The molecule has 0 fully saturated rings. The number of fused-ring (bicyclic) bond motifs is 1. The summed E-state index contributed by atoms with van der Waals surface area (Å²) in [7, 11) is 0. The standard InChI is InChI=1S/C15H20N2O4/c1-9-14(19)17-11-7-10(5-6-12(11)21-9)16-13(18)8-20-15(2,3)4/h5-7,9H,8H2,1-4H3,(H,16,18)(H,17,19). The van der Waals surface area contributed by atoms with Crippen molar-refractivity contribution in [1.82, 2.24) is 0 Å². The first-order valence-corrected chi connectivity index (χ1v) is 6.80. The van der Waals surface area contributed by atoms with Gasteiger partial charge < -0.3 is 20.1 Å². The quantitative estimate of drug-likeness (QED) is 0.895. The number of nitrogens with one attached hydrogen (secondary N) is 2. The normalized spacial score (nSPS) is 17.5. The van der Waals surface area contributed by atoms with Gasteiger partial charge in [0, 0.05) is 5.69 Å². The molecule has 6 heteroatoms. The van der Waals surface area contributed by atoms with Crippen LogP contribution in [0.5, 0.6) is 5.75 Å². The molecule has 0 spiro atoms. The number of carbonyl (C=O) groups excluding carboxylic acids is 2. The van der Waals surface area contributed by atoms with Crippen LogP contribution in [-0.2, 0) is 14.3 Å². The fraction of sp³-hybridized carbons (Fsp3) is 0.467. The Labute approximate surface area is 123 Å². The molecule has 0 saturated heterocycles. The number of ether oxygens (including phenoxy) is 2. The molecule has 6 nitrogen and oxygen atoms in total. The number of benzene rings is 1. The zero-order chi connectivity index (χ0) is 15.6. The highest BCUT2D eigenvalue weighted by atomic mass is 16.5. The third kappa shape index (κ3) is 4.19. The van der Waals surface area contributed by atoms with E-state index in [1.807, 2.05) is 20.8 Å². The molecule has 0 aliphatic carbocycles. The summed E-state index contributed by atoms with van der Waals surface area (Å²) >= 11 is 0. The van der Waals surface area contributed by atoms with Crippen molar-refractivity contribution >= 4 is 23.2 Å². The minimum absolute atomic E-state index is 0.0273. The van der Waals surface area contributed by atoms with Crippen molar-refractivity contribution in [2.75, 3.05) is 17.2 Å². The maximum atomic E-state index is 11.8. The van der Waals surface area contributed by atoms with E-state index in [1.54, 1.807) is 25.1 Å². The Morgan fingerprint density at radius 3 is 2.81 bits per heavy atom. The second-order valence-corrected chi connectivity index (χ2v) is 5.91. The molecule has 1 aliphatic heterocycles. The molecule has 0 radical (unpaired) electrons. The van der Waals surface area contributed by atoms with Crippen LogP contribution in [0.25, 0.3) is 0 Å². The Morgan fingerprint density at radius 1 is 1.43 bits per heavy atom. The number of anilines is 2. The molecule has 2 N–H and O–H groups in total. The lowest BCUT2D eigenvalue weighted by Gasteiger charge is -2.24. The second kappa shape index (κ2) is 5.73. The Hall–Kier alpha value is -2.08. The molecule has 1 aromatic carbocycles. The maximum Gasteiger partial charge on any atom is 0.265 e. The van der Waals surface area contributed by atoms with Crippen LogP contribution >= 0.6 is 0 Å². The summed E-state index contributed by atoms with van der Waals surface area (Å²) in [4.78, 5) is 23.3. The van der Waals surface area contributed by atoms with Gasteiger partial charge in [-0.3, -0.25) is 9.59 Å². The minimum Gasteiger partial charge on any atom is -0.479 e. The Kier molecular flexibility index (Phi) is 4.18. The van der Waals surface area contributed by atoms with Gasteiger partial charge in [-0.15, -0.1) is 0 Å². The first-order valence-electron chi connectivity index (χ1n) is 6.80. The highest BCUT2D eigenvalue weighted by Crippen LogP contribution is 2.32. The highest BCUT2D eigenvalue weighted by molar-refractivity contribution is 5.99. The average molecular weight is 292 g/mol. The number of carbonyl (C=O) groups is 2. The second-order valence-electron chi connectivity index (χ2n) is 5.91. The third-order valence-corrected chi connectivity index (χ3v) is 2.83. The zero-order valence-electron chi connectivity index (χ0n) is 12.6. The average Bonchev–Trinajstić information content (AvgIpc) is 2.37. The lowest BCUT2D eigenvalue weighted by atomic mass is 10.2. The first kappa shape index (κ1) is 15.3. The largest absolute Gasteiger partial charge is 0.479 e. The Balaban J connectivity index is 2.01. The van der Waals surface area contributed by atoms with Crippen LogP contribution in [0.1, 0.15) is 27.7 Å². The van der Waals surface area contributed by atoms with Crippen LogP contribution in [0.15, 0.2) is 18.2 Å². The van der Waals surface area contributed by atoms with Crippen LogP contribution in [0, 0.1) is 0 Å². The molecule has 0 aromatic heterocycles. The van der Waals surface area contributed by atoms with Gasteiger partial charge in [-0.2, -0.15) is 0 Å². The van der Waals surface area contributed by atoms with E-state index < -0.39 is 6.10 Å². The van der Waals surface area contributed by atoms with Gasteiger partial charge in [0.25, 0.3) is 5.91 Å². The molecular formula is C15H20N2O4. The molecule has 0 bridgehead atoms. The summed E-state index contributed by atoms with van der Waals surface area (Å²) < 4.78 is 10.8. The van der Waals surface area contributed by atoms with Gasteiger partial charge in [0.15, 0.2) is 6.10 Å². The summed E-state index contributed by atoms with van der Waals surface area (Å²) in [5, 5.41) is 5.45. The van der Waals surface area contributed by atoms with Gasteiger partial charge in [-0.1, -0.05) is 0 Å². The third-order valence-electron chi connectivity index (χ3n) is 2.83. The molecule has 1 atom stereocenters. The predicted octanol–water partition coefficient (Wildman–Crippen LogP) is 2.16. The van der Waals surface area contributed by atoms with Crippen LogP contribution in [-0.4, -0.2) is 30.1 Å². The van der Waals surface area contributed by atoms with Crippen molar-refractivity contribution in [1.29, 1.82) is 0 Å². The van der Waals surface area contributed by atoms with Gasteiger partial charge in [-0.25, -0.2) is 0 Å². The van der Waals surface area contributed by atoms with Crippen molar-refractivity contribution in [2.45, 2.75) is 39.4 Å². The van der Waals surface area contributed by atoms with Gasteiger partial charge >= 0.3 is 0 Å². The number of hydrogen-bond acceptors (Lipinski definition) is 4. The maximum absolute atomic E-state index is 11.8. The SMILES string of the molecule is CC1Oc2ccc(NC(=O)COC(C)(C)C)cc2NC1=O. The fourth-order valence-corrected chi connectivity index (χ4v) is 1.77. The lowest BCUT2D eigenvalue weighted by Crippen LogP contribution is -2.34. The Morgan fingerprint density at radius 2 is 2.14 bits per heavy atom. The molecule has 2 rings (SSSR count). The van der Waals surface area contributed by atoms with E-state index in [-0.39, 0.29) is 24.0 Å². The molecule has 1 aromatic rings. The summed E-state index contributed by atoms with van der Waals surface area (Å²) in [6.45, 7) is 7.30. The summed E-state index contributed by atoms with van der Waals surface area (Å²) in [5.74, 6) is 0.134. The van der Waals surface area contributed by atoms with Crippen LogP contribution in [0.3, 0.4) is 0 Å². The minimum atomic E-state index is -0.516. The summed E-state index contributed by atoms with van der Waals surface area (Å²) in [6, 6.07) is 5.09. The van der Waals surface area contributed by atoms with Crippen LogP contribution < -0.4 is 15.4 Å². The molecule has 0 saturated carbocycles. The molecule has 1 heterocycles. The van der Waals surface area contributed by atoms with Gasteiger partial charge in [0.05, 0.1) is 11.3 Å². The molecule has 1 unspecified atom stereocenters. The topological polar surface area (TPSA) is 76.7 Å². The van der Waals surface area contributed by atoms with Crippen LogP contribution in [0.4, 0.5) is 11.4 Å². The van der Waals surface area contributed by atoms with E-state index in [4.69, 9.17) is 9.47 Å². The number of rotatable bonds is 3. The van der Waals surface area contributed by atoms with Crippen molar-refractivity contribution in [3.8, 4) is 5.75 Å². The fourth-order valence-electron chi connectivity index (χ4n) is 1.77. The van der Waals surface area contributed by atoms with Crippen LogP contribution in [0.2, 0.25) is 0 Å². The van der Waals surface area contributed by atoms with E-state index in [0.717, 1.165) is 0 Å². The van der Waals surface area contributed by atoms with Gasteiger partial charge in [0.1, 0.15) is 12.4 Å². The van der Waals surface area contributed by atoms with Gasteiger partial charge in [0.2, 0.25) is 5.91 Å². The molecule has 21 heavy (non-hydrogen) atoms. The zero-order valence-corrected chi connectivity index (χ0v) is 12.6.